The third kappa shape index (κ3) is 5.66. The first-order valence-corrected chi connectivity index (χ1v) is 8.08. The van der Waals surface area contributed by atoms with Gasteiger partial charge in [0, 0.05) is 19.5 Å². The van der Waals surface area contributed by atoms with Gasteiger partial charge < -0.3 is 19.8 Å². The molecule has 1 aromatic carbocycles. The Kier molecular flexibility index (Phi) is 7.23. The van der Waals surface area contributed by atoms with Crippen LogP contribution in [0, 0.1) is 0 Å². The summed E-state index contributed by atoms with van der Waals surface area (Å²) in [6, 6.07) is 9.48. The highest BCUT2D eigenvalue weighted by Crippen LogP contribution is 2.25. The molecule has 0 aliphatic heterocycles. The molecule has 0 spiro atoms. The summed E-state index contributed by atoms with van der Waals surface area (Å²) in [5.74, 6) is 2.31. The van der Waals surface area contributed by atoms with Crippen LogP contribution >= 0.6 is 11.6 Å². The molecule has 1 aromatic heterocycles. The Morgan fingerprint density at radius 3 is 2.92 bits per heavy atom. The first-order valence-electron chi connectivity index (χ1n) is 7.71. The molecule has 0 fully saturated rings. The number of benzene rings is 1. The van der Waals surface area contributed by atoms with Crippen molar-refractivity contribution >= 4 is 17.6 Å². The molecule has 0 atom stereocenters. The van der Waals surface area contributed by atoms with Crippen molar-refractivity contribution in [2.45, 2.75) is 13.0 Å². The molecule has 5 nitrogen and oxygen atoms in total. The Hall–Kier alpha value is -2.40. The molecular formula is C18H22ClN3O2. The van der Waals surface area contributed by atoms with E-state index in [0.29, 0.717) is 29.8 Å². The van der Waals surface area contributed by atoms with Crippen LogP contribution in [0.2, 0.25) is 5.02 Å². The van der Waals surface area contributed by atoms with Gasteiger partial charge in [-0.15, -0.1) is 6.58 Å². The number of guanidine groups is 1. The molecular weight excluding hydrogens is 326 g/mol. The predicted octanol–water partition coefficient (Wildman–Crippen LogP) is 3.41. The van der Waals surface area contributed by atoms with Crippen LogP contribution in [0.1, 0.15) is 11.3 Å². The molecule has 0 unspecified atom stereocenters. The number of aliphatic imine (C=N–C) groups is 1. The summed E-state index contributed by atoms with van der Waals surface area (Å²) >= 11 is 6.14. The number of methoxy groups -OCH3 is 1. The van der Waals surface area contributed by atoms with E-state index in [9.17, 15) is 0 Å². The maximum Gasteiger partial charge on any atom is 0.191 e. The van der Waals surface area contributed by atoms with Gasteiger partial charge in [-0.05, 0) is 29.8 Å². The number of ether oxygens (including phenoxy) is 1. The highest BCUT2D eigenvalue weighted by atomic mass is 35.5. The highest BCUT2D eigenvalue weighted by molar-refractivity contribution is 6.32. The number of furan rings is 1. The molecule has 0 aliphatic rings. The molecule has 0 saturated heterocycles. The topological polar surface area (TPSA) is 58.8 Å². The van der Waals surface area contributed by atoms with E-state index in [-0.39, 0.29) is 0 Å². The molecule has 1 heterocycles. The van der Waals surface area contributed by atoms with E-state index in [1.54, 1.807) is 19.4 Å². The quantitative estimate of drug-likeness (QED) is 0.436. The summed E-state index contributed by atoms with van der Waals surface area (Å²) in [4.78, 5) is 4.56. The van der Waals surface area contributed by atoms with Crippen molar-refractivity contribution in [2.75, 3.05) is 20.2 Å². The van der Waals surface area contributed by atoms with Gasteiger partial charge >= 0.3 is 0 Å². The lowest BCUT2D eigenvalue weighted by Crippen LogP contribution is -2.38. The molecule has 2 aromatic rings. The van der Waals surface area contributed by atoms with Gasteiger partial charge in [0.25, 0.3) is 0 Å². The number of rotatable bonds is 8. The van der Waals surface area contributed by atoms with E-state index < -0.39 is 0 Å². The zero-order chi connectivity index (χ0) is 17.2. The first-order chi connectivity index (χ1) is 11.7. The van der Waals surface area contributed by atoms with Crippen LogP contribution in [-0.4, -0.2) is 26.2 Å². The maximum atomic E-state index is 6.14. The predicted molar refractivity (Wildman–Crippen MR) is 97.8 cm³/mol. The number of nitrogens with one attached hydrogen (secondary N) is 2. The fraction of sp³-hybridized carbons (Fsp3) is 0.278. The third-order valence-corrected chi connectivity index (χ3v) is 3.59. The van der Waals surface area contributed by atoms with Crippen LogP contribution in [-0.2, 0) is 13.0 Å². The molecule has 0 bridgehead atoms. The Balaban J connectivity index is 1.93. The smallest absolute Gasteiger partial charge is 0.191 e. The summed E-state index contributed by atoms with van der Waals surface area (Å²) in [5.41, 5.74) is 1.01. The molecule has 2 N–H and O–H groups in total. The molecule has 6 heteroatoms. The van der Waals surface area contributed by atoms with Crippen molar-refractivity contribution in [2.24, 2.45) is 4.99 Å². The molecule has 2 rings (SSSR count). The van der Waals surface area contributed by atoms with E-state index in [1.807, 2.05) is 30.3 Å². The monoisotopic (exact) mass is 347 g/mol. The minimum atomic E-state index is 0.511. The van der Waals surface area contributed by atoms with Gasteiger partial charge in [0.1, 0.15) is 11.5 Å². The highest BCUT2D eigenvalue weighted by Gasteiger charge is 2.03. The molecule has 0 saturated carbocycles. The molecule has 0 radical (unpaired) electrons. The normalized spacial score (nSPS) is 11.2. The van der Waals surface area contributed by atoms with Gasteiger partial charge in [-0.25, -0.2) is 4.99 Å². The Bertz CT molecular complexity index is 669. The molecule has 0 aliphatic carbocycles. The summed E-state index contributed by atoms with van der Waals surface area (Å²) in [6.45, 7) is 5.58. The van der Waals surface area contributed by atoms with E-state index >= 15 is 0 Å². The van der Waals surface area contributed by atoms with Crippen molar-refractivity contribution in [3.05, 3.63) is 65.6 Å². The average Bonchev–Trinajstić information content (AvgIpc) is 3.10. The van der Waals surface area contributed by atoms with Crippen molar-refractivity contribution in [3.8, 4) is 5.75 Å². The minimum Gasteiger partial charge on any atom is -0.495 e. The van der Waals surface area contributed by atoms with E-state index in [1.165, 1.54) is 0 Å². The van der Waals surface area contributed by atoms with Gasteiger partial charge in [-0.1, -0.05) is 23.7 Å². The van der Waals surface area contributed by atoms with Crippen molar-refractivity contribution in [3.63, 3.8) is 0 Å². The Morgan fingerprint density at radius 1 is 1.38 bits per heavy atom. The number of halogens is 1. The summed E-state index contributed by atoms with van der Waals surface area (Å²) < 4.78 is 10.5. The zero-order valence-corrected chi connectivity index (χ0v) is 14.5. The average molecular weight is 348 g/mol. The Labute approximate surface area is 147 Å². The second-order valence-electron chi connectivity index (χ2n) is 5.06. The van der Waals surface area contributed by atoms with E-state index in [4.69, 9.17) is 20.8 Å². The third-order valence-electron chi connectivity index (χ3n) is 3.29. The fourth-order valence-electron chi connectivity index (χ4n) is 2.08. The lowest BCUT2D eigenvalue weighted by atomic mass is 10.2. The van der Waals surface area contributed by atoms with Crippen LogP contribution in [0.3, 0.4) is 0 Å². The fourth-order valence-corrected chi connectivity index (χ4v) is 2.36. The van der Waals surface area contributed by atoms with Crippen LogP contribution in [0.25, 0.3) is 0 Å². The van der Waals surface area contributed by atoms with Crippen molar-refractivity contribution < 1.29 is 9.15 Å². The van der Waals surface area contributed by atoms with Crippen molar-refractivity contribution in [1.29, 1.82) is 0 Å². The Morgan fingerprint density at radius 2 is 2.25 bits per heavy atom. The van der Waals surface area contributed by atoms with Crippen LogP contribution < -0.4 is 15.4 Å². The van der Waals surface area contributed by atoms with Crippen LogP contribution in [0.15, 0.2) is 58.7 Å². The summed E-state index contributed by atoms with van der Waals surface area (Å²) in [6.07, 6.45) is 4.25. The summed E-state index contributed by atoms with van der Waals surface area (Å²) in [5, 5.41) is 7.04. The van der Waals surface area contributed by atoms with Gasteiger partial charge in [0.2, 0.25) is 0 Å². The van der Waals surface area contributed by atoms with Gasteiger partial charge in [-0.2, -0.15) is 0 Å². The number of hydrogen-bond acceptors (Lipinski definition) is 3. The zero-order valence-electron chi connectivity index (χ0n) is 13.7. The van der Waals surface area contributed by atoms with Crippen LogP contribution in [0.4, 0.5) is 0 Å². The largest absolute Gasteiger partial charge is 0.495 e. The van der Waals surface area contributed by atoms with Crippen LogP contribution in [0.5, 0.6) is 5.75 Å². The summed E-state index contributed by atoms with van der Waals surface area (Å²) in [7, 11) is 1.60. The molecule has 128 valence electrons. The van der Waals surface area contributed by atoms with Gasteiger partial charge in [-0.3, -0.25) is 0 Å². The van der Waals surface area contributed by atoms with Gasteiger partial charge in [0.05, 0.1) is 24.9 Å². The standard InChI is InChI=1S/C18H22ClN3O2/c1-3-9-20-18(21-10-8-15-5-4-11-24-15)22-13-14-6-7-17(23-2)16(19)12-14/h3-7,11-12H,1,8-10,13H2,2H3,(H2,20,21,22). The molecule has 24 heavy (non-hydrogen) atoms. The minimum absolute atomic E-state index is 0.511. The number of hydrogen-bond donors (Lipinski definition) is 2. The first kappa shape index (κ1) is 17.9. The second-order valence-corrected chi connectivity index (χ2v) is 5.47. The second kappa shape index (κ2) is 9.67. The van der Waals surface area contributed by atoms with E-state index in [0.717, 1.165) is 24.3 Å². The maximum absolute atomic E-state index is 6.14. The van der Waals surface area contributed by atoms with Gasteiger partial charge in [0.15, 0.2) is 5.96 Å². The lowest BCUT2D eigenvalue weighted by molar-refractivity contribution is 0.415. The van der Waals surface area contributed by atoms with E-state index in [2.05, 4.69) is 22.2 Å². The lowest BCUT2D eigenvalue weighted by Gasteiger charge is -2.11. The number of nitrogens with zero attached hydrogens (tertiary/aromatic N) is 1. The van der Waals surface area contributed by atoms with Crippen molar-refractivity contribution in [1.82, 2.24) is 10.6 Å². The molecule has 0 amide bonds. The SMILES string of the molecule is C=CCNC(=NCc1ccc(OC)c(Cl)c1)NCCc1ccco1.